The Labute approximate surface area is 182 Å². The number of morpholine rings is 1. The van der Waals surface area contributed by atoms with E-state index in [9.17, 15) is 30.8 Å². The standard InChI is InChI=1S/C19H24F4N2O6S/c1-13-18(6-8-24(9-7-18)17(27)31-16(12-26)19(21,22)23)30-11-10-25(13)32(28,29)15-4-2-14(20)3-5-15/h2-5,13,16,26H,6-12H2,1H3/t13?,16-/m1/s1. The third kappa shape index (κ3) is 4.85. The Morgan fingerprint density at radius 3 is 2.38 bits per heavy atom. The fourth-order valence-electron chi connectivity index (χ4n) is 4.02. The molecule has 2 aliphatic heterocycles. The summed E-state index contributed by atoms with van der Waals surface area (Å²) in [5.41, 5.74) is -0.942. The molecule has 0 bridgehead atoms. The van der Waals surface area contributed by atoms with Gasteiger partial charge in [0.1, 0.15) is 5.82 Å². The molecule has 0 aliphatic carbocycles. The number of hydrogen-bond donors (Lipinski definition) is 1. The number of rotatable bonds is 4. The minimum Gasteiger partial charge on any atom is -0.434 e. The lowest BCUT2D eigenvalue weighted by molar-refractivity contribution is -0.215. The van der Waals surface area contributed by atoms with Gasteiger partial charge in [-0.05, 0) is 44.0 Å². The van der Waals surface area contributed by atoms with Crippen LogP contribution in [0.2, 0.25) is 0 Å². The molecule has 2 heterocycles. The summed E-state index contributed by atoms with van der Waals surface area (Å²) in [5.74, 6) is -0.566. The van der Waals surface area contributed by atoms with Gasteiger partial charge in [-0.3, -0.25) is 0 Å². The lowest BCUT2D eigenvalue weighted by Crippen LogP contribution is -2.63. The average molecular weight is 484 g/mol. The third-order valence-electron chi connectivity index (χ3n) is 5.96. The number of ether oxygens (including phenoxy) is 2. The topological polar surface area (TPSA) is 96.4 Å². The molecule has 1 aromatic rings. The Hall–Kier alpha value is -1.96. The number of carbonyl (C=O) groups excluding carboxylic acids is 1. The van der Waals surface area contributed by atoms with Gasteiger partial charge in [-0.15, -0.1) is 0 Å². The summed E-state index contributed by atoms with van der Waals surface area (Å²) in [6.07, 6.45) is -8.37. The number of sulfonamides is 1. The van der Waals surface area contributed by atoms with E-state index in [-0.39, 0.29) is 44.0 Å². The van der Waals surface area contributed by atoms with Gasteiger partial charge in [0, 0.05) is 19.6 Å². The predicted octanol–water partition coefficient (Wildman–Crippen LogP) is 2.13. The van der Waals surface area contributed by atoms with Gasteiger partial charge in [-0.2, -0.15) is 17.5 Å². The van der Waals surface area contributed by atoms with Gasteiger partial charge in [-0.25, -0.2) is 17.6 Å². The molecule has 0 aromatic heterocycles. The molecule has 1 N–H and O–H groups in total. The van der Waals surface area contributed by atoms with Gasteiger partial charge in [0.2, 0.25) is 16.1 Å². The lowest BCUT2D eigenvalue weighted by Gasteiger charge is -2.51. The van der Waals surface area contributed by atoms with Crippen molar-refractivity contribution in [2.75, 3.05) is 32.8 Å². The molecule has 32 heavy (non-hydrogen) atoms. The second kappa shape index (κ2) is 9.12. The van der Waals surface area contributed by atoms with Crippen LogP contribution in [-0.2, 0) is 19.5 Å². The number of aliphatic hydroxyl groups is 1. The van der Waals surface area contributed by atoms with Crippen LogP contribution < -0.4 is 0 Å². The smallest absolute Gasteiger partial charge is 0.427 e. The van der Waals surface area contributed by atoms with Crippen LogP contribution in [0.15, 0.2) is 29.2 Å². The zero-order valence-electron chi connectivity index (χ0n) is 17.2. The first-order chi connectivity index (χ1) is 14.9. The zero-order valence-corrected chi connectivity index (χ0v) is 18.0. The number of alkyl halides is 3. The third-order valence-corrected chi connectivity index (χ3v) is 7.94. The highest BCUT2D eigenvalue weighted by Gasteiger charge is 2.50. The van der Waals surface area contributed by atoms with E-state index >= 15 is 0 Å². The molecule has 0 saturated carbocycles. The van der Waals surface area contributed by atoms with E-state index in [0.29, 0.717) is 0 Å². The highest BCUT2D eigenvalue weighted by molar-refractivity contribution is 7.89. The predicted molar refractivity (Wildman–Crippen MR) is 103 cm³/mol. The summed E-state index contributed by atoms with van der Waals surface area (Å²) >= 11 is 0. The molecule has 1 unspecified atom stereocenters. The second-order valence-corrected chi connectivity index (χ2v) is 9.63. The largest absolute Gasteiger partial charge is 0.434 e. The number of hydrogen-bond acceptors (Lipinski definition) is 6. The van der Waals surface area contributed by atoms with E-state index in [0.717, 1.165) is 17.0 Å². The van der Waals surface area contributed by atoms with Gasteiger partial charge in [0.05, 0.1) is 29.8 Å². The van der Waals surface area contributed by atoms with Crippen LogP contribution in [0.4, 0.5) is 22.4 Å². The van der Waals surface area contributed by atoms with Crippen LogP contribution in [0.25, 0.3) is 0 Å². The highest BCUT2D eigenvalue weighted by Crippen LogP contribution is 2.38. The quantitative estimate of drug-likeness (QED) is 0.658. The van der Waals surface area contributed by atoms with Gasteiger partial charge in [0.25, 0.3) is 0 Å². The van der Waals surface area contributed by atoms with Crippen LogP contribution in [0, 0.1) is 5.82 Å². The number of piperidine rings is 1. The van der Waals surface area contributed by atoms with Crippen molar-refractivity contribution in [1.29, 1.82) is 0 Å². The van der Waals surface area contributed by atoms with Crippen molar-refractivity contribution in [2.24, 2.45) is 0 Å². The van der Waals surface area contributed by atoms with Crippen molar-refractivity contribution in [3.8, 4) is 0 Å². The number of halogens is 4. The fourth-order valence-corrected chi connectivity index (χ4v) is 5.69. The molecular weight excluding hydrogens is 460 g/mol. The number of benzene rings is 1. The number of likely N-dealkylation sites (tertiary alicyclic amines) is 1. The number of aliphatic hydroxyl groups excluding tert-OH is 1. The number of amides is 1. The average Bonchev–Trinajstić information content (AvgIpc) is 2.73. The molecule has 2 atom stereocenters. The summed E-state index contributed by atoms with van der Waals surface area (Å²) in [6.45, 7) is 0.435. The Kier molecular flexibility index (Phi) is 7.03. The minimum atomic E-state index is -4.89. The van der Waals surface area contributed by atoms with Crippen molar-refractivity contribution in [2.45, 2.75) is 48.6 Å². The van der Waals surface area contributed by atoms with Crippen molar-refractivity contribution >= 4 is 16.1 Å². The van der Waals surface area contributed by atoms with Crippen LogP contribution in [0.5, 0.6) is 0 Å². The molecule has 2 saturated heterocycles. The van der Waals surface area contributed by atoms with Gasteiger partial charge in [-0.1, -0.05) is 0 Å². The maximum absolute atomic E-state index is 13.2. The van der Waals surface area contributed by atoms with Crippen molar-refractivity contribution in [3.05, 3.63) is 30.1 Å². The second-order valence-electron chi connectivity index (χ2n) is 7.74. The monoisotopic (exact) mass is 484 g/mol. The molecule has 180 valence electrons. The maximum Gasteiger partial charge on any atom is 0.427 e. The highest BCUT2D eigenvalue weighted by atomic mass is 32.2. The first-order valence-electron chi connectivity index (χ1n) is 9.95. The summed E-state index contributed by atoms with van der Waals surface area (Å²) < 4.78 is 89.2. The molecule has 13 heteroatoms. The van der Waals surface area contributed by atoms with Gasteiger partial charge < -0.3 is 19.5 Å². The molecule has 1 spiro atoms. The zero-order chi connectivity index (χ0) is 23.7. The lowest BCUT2D eigenvalue weighted by atomic mass is 9.84. The molecule has 3 rings (SSSR count). The SMILES string of the molecule is CC1N(S(=O)(=O)c2ccc(F)cc2)CCOC12CCN(C(=O)O[C@H](CO)C(F)(F)F)CC2. The first kappa shape index (κ1) is 24.7. The first-order valence-corrected chi connectivity index (χ1v) is 11.4. The van der Waals surface area contributed by atoms with E-state index in [1.54, 1.807) is 6.92 Å². The normalized spacial score (nSPS) is 23.2. The number of carbonyl (C=O) groups is 1. The minimum absolute atomic E-state index is 0.0103. The van der Waals surface area contributed by atoms with E-state index in [4.69, 9.17) is 9.84 Å². The Morgan fingerprint density at radius 1 is 1.25 bits per heavy atom. The van der Waals surface area contributed by atoms with E-state index in [2.05, 4.69) is 4.74 Å². The molecule has 2 fully saturated rings. The van der Waals surface area contributed by atoms with Crippen LogP contribution in [-0.4, -0.2) is 85.6 Å². The van der Waals surface area contributed by atoms with E-state index in [1.807, 2.05) is 0 Å². The summed E-state index contributed by atoms with van der Waals surface area (Å²) in [5, 5.41) is 8.84. The Morgan fingerprint density at radius 2 is 1.84 bits per heavy atom. The van der Waals surface area contributed by atoms with Crippen LogP contribution in [0.1, 0.15) is 19.8 Å². The summed E-state index contributed by atoms with van der Waals surface area (Å²) in [7, 11) is -3.94. The van der Waals surface area contributed by atoms with Crippen molar-refractivity contribution < 1.29 is 45.4 Å². The van der Waals surface area contributed by atoms with Gasteiger partial charge >= 0.3 is 12.3 Å². The van der Waals surface area contributed by atoms with E-state index in [1.165, 1.54) is 16.4 Å². The van der Waals surface area contributed by atoms with Crippen LogP contribution in [0.3, 0.4) is 0 Å². The van der Waals surface area contributed by atoms with E-state index < -0.39 is 52.5 Å². The maximum atomic E-state index is 13.2. The molecule has 0 radical (unpaired) electrons. The summed E-state index contributed by atoms with van der Waals surface area (Å²) in [4.78, 5) is 13.1. The van der Waals surface area contributed by atoms with Crippen molar-refractivity contribution in [3.63, 3.8) is 0 Å². The molecule has 8 nitrogen and oxygen atoms in total. The molecule has 1 aromatic carbocycles. The Balaban J connectivity index is 1.70. The van der Waals surface area contributed by atoms with Crippen LogP contribution >= 0.6 is 0 Å². The molecule has 2 aliphatic rings. The Bertz CT molecular complexity index is 917. The van der Waals surface area contributed by atoms with Gasteiger partial charge in [0.15, 0.2) is 0 Å². The fraction of sp³-hybridized carbons (Fsp3) is 0.632. The molecule has 1 amide bonds. The van der Waals surface area contributed by atoms with Crippen molar-refractivity contribution in [1.82, 2.24) is 9.21 Å². The number of nitrogens with zero attached hydrogens (tertiary/aromatic N) is 2. The summed E-state index contributed by atoms with van der Waals surface area (Å²) in [6, 6.07) is 3.83. The molecular formula is C19H24F4N2O6S.